The Labute approximate surface area is 118 Å². The number of carbonyl (C=O) groups excluding carboxylic acids is 1. The van der Waals surface area contributed by atoms with E-state index < -0.39 is 0 Å². The van der Waals surface area contributed by atoms with Crippen molar-refractivity contribution < 1.29 is 19.7 Å². The summed E-state index contributed by atoms with van der Waals surface area (Å²) in [6.45, 7) is 7.10. The molecule has 0 aromatic heterocycles. The van der Waals surface area contributed by atoms with Crippen LogP contribution in [-0.2, 0) is 9.53 Å². The second kappa shape index (κ2) is 26.0. The van der Waals surface area contributed by atoms with Gasteiger partial charge in [0, 0.05) is 20.1 Å². The van der Waals surface area contributed by atoms with Gasteiger partial charge >= 0.3 is 5.97 Å². The largest absolute Gasteiger partial charge is 0.466 e. The molecule has 5 N–H and O–H groups in total. The van der Waals surface area contributed by atoms with Crippen molar-refractivity contribution in [1.29, 1.82) is 0 Å². The topological polar surface area (TPSA) is 102 Å². The van der Waals surface area contributed by atoms with Crippen molar-refractivity contribution in [2.45, 2.75) is 72.3 Å². The minimum absolute atomic E-state index is 0. The number of ether oxygens (including phenoxy) is 1. The van der Waals surface area contributed by atoms with Crippen LogP contribution < -0.4 is 6.15 Å². The maximum atomic E-state index is 9.82. The van der Waals surface area contributed by atoms with Crippen LogP contribution in [-0.4, -0.2) is 36.0 Å². The highest BCUT2D eigenvalue weighted by Crippen LogP contribution is 2.15. The van der Waals surface area contributed by atoms with E-state index in [1.807, 2.05) is 0 Å². The fourth-order valence-corrected chi connectivity index (χ4v) is 1.26. The number of hydrogen-bond acceptors (Lipinski definition) is 5. The smallest absolute Gasteiger partial charge is 0.302 e. The van der Waals surface area contributed by atoms with Gasteiger partial charge in [-0.1, -0.05) is 38.5 Å². The molecule has 1 rings (SSSR count). The third kappa shape index (κ3) is 58.6. The number of esters is 1. The Bertz CT molecular complexity index is 134. The summed E-state index contributed by atoms with van der Waals surface area (Å²) in [5, 5.41) is 15.1. The molecule has 1 aliphatic carbocycles. The number of hydrogen-bond donors (Lipinski definition) is 3. The molecule has 0 aliphatic heterocycles. The monoisotopic (exact) mass is 281 g/mol. The van der Waals surface area contributed by atoms with Gasteiger partial charge in [0.2, 0.25) is 0 Å². The van der Waals surface area contributed by atoms with E-state index in [0.717, 1.165) is 7.11 Å². The molecule has 1 saturated carbocycles. The second-order valence-corrected chi connectivity index (χ2v) is 4.14. The van der Waals surface area contributed by atoms with E-state index in [1.54, 1.807) is 20.8 Å². The standard InChI is InChI=1S/C6H12.C4H8O2.C3H8O.CH4O.H3N/c1-2-4-6-5-3-1;1-3-6-4(2)5;1-3(2)4;1-2;/h1-6H2;3H2,1-2H3;3-4H,1-2H3;2H,1H3;1H3. The molecule has 19 heavy (non-hydrogen) atoms. The predicted molar refractivity (Wildman–Crippen MR) is 80.5 cm³/mol. The molecule has 0 saturated heterocycles. The Hall–Kier alpha value is -0.650. The molecule has 120 valence electrons. The summed E-state index contributed by atoms with van der Waals surface area (Å²) < 4.78 is 4.40. The van der Waals surface area contributed by atoms with Crippen LogP contribution in [0.3, 0.4) is 0 Å². The Morgan fingerprint density at radius 2 is 1.26 bits per heavy atom. The molecular formula is C14H35NO4. The predicted octanol–water partition coefficient (Wildman–Crippen LogP) is 3.07. The lowest BCUT2D eigenvalue weighted by atomic mass is 10.0. The first-order valence-electron chi connectivity index (χ1n) is 6.76. The van der Waals surface area contributed by atoms with Gasteiger partial charge in [0.05, 0.1) is 6.61 Å². The first-order valence-corrected chi connectivity index (χ1v) is 6.76. The zero-order valence-corrected chi connectivity index (χ0v) is 13.4. The molecule has 0 bridgehead atoms. The fourth-order valence-electron chi connectivity index (χ4n) is 1.26. The molecule has 0 heterocycles. The molecular weight excluding hydrogens is 246 g/mol. The average Bonchev–Trinajstić information content (AvgIpc) is 2.34. The van der Waals surface area contributed by atoms with E-state index in [1.165, 1.54) is 45.4 Å². The average molecular weight is 281 g/mol. The van der Waals surface area contributed by atoms with Gasteiger partial charge in [-0.15, -0.1) is 0 Å². The number of aliphatic hydroxyl groups excluding tert-OH is 2. The minimum atomic E-state index is -0.211. The number of rotatable bonds is 1. The maximum absolute atomic E-state index is 9.82. The summed E-state index contributed by atoms with van der Waals surface area (Å²) in [5.41, 5.74) is 0. The second-order valence-electron chi connectivity index (χ2n) is 4.14. The van der Waals surface area contributed by atoms with Crippen LogP contribution in [0.25, 0.3) is 0 Å². The fraction of sp³-hybridized carbons (Fsp3) is 0.929. The summed E-state index contributed by atoms with van der Waals surface area (Å²) in [7, 11) is 1.00. The van der Waals surface area contributed by atoms with Crippen LogP contribution in [0.15, 0.2) is 0 Å². The summed E-state index contributed by atoms with van der Waals surface area (Å²) in [6, 6.07) is 0. The molecule has 5 heteroatoms. The van der Waals surface area contributed by atoms with E-state index in [-0.39, 0.29) is 18.2 Å². The first-order chi connectivity index (χ1) is 8.50. The highest BCUT2D eigenvalue weighted by atomic mass is 16.5. The van der Waals surface area contributed by atoms with Gasteiger partial charge in [-0.3, -0.25) is 4.79 Å². The SMILES string of the molecule is C1CCCCC1.CC(C)O.CCOC(C)=O.CO.N. The van der Waals surface area contributed by atoms with Crippen LogP contribution in [0.1, 0.15) is 66.2 Å². The lowest BCUT2D eigenvalue weighted by Gasteiger charge is -2.05. The Morgan fingerprint density at radius 1 is 1.05 bits per heavy atom. The van der Waals surface area contributed by atoms with Crippen molar-refractivity contribution in [1.82, 2.24) is 6.15 Å². The van der Waals surface area contributed by atoms with Gasteiger partial charge in [-0.25, -0.2) is 0 Å². The zero-order valence-electron chi connectivity index (χ0n) is 13.4. The third-order valence-electron chi connectivity index (χ3n) is 1.85. The van der Waals surface area contributed by atoms with Crippen molar-refractivity contribution in [2.75, 3.05) is 13.7 Å². The van der Waals surface area contributed by atoms with Gasteiger partial charge in [-0.2, -0.15) is 0 Å². The Balaban J connectivity index is -0.0000000829. The molecule has 0 atom stereocenters. The molecule has 0 radical (unpaired) electrons. The highest BCUT2D eigenvalue weighted by molar-refractivity contribution is 5.65. The van der Waals surface area contributed by atoms with Crippen molar-refractivity contribution in [3.05, 3.63) is 0 Å². The van der Waals surface area contributed by atoms with E-state index in [4.69, 9.17) is 10.2 Å². The normalized spacial score (nSPS) is 12.2. The van der Waals surface area contributed by atoms with Crippen LogP contribution in [0.5, 0.6) is 0 Å². The number of carbonyl (C=O) groups is 1. The van der Waals surface area contributed by atoms with Gasteiger partial charge in [0.15, 0.2) is 0 Å². The van der Waals surface area contributed by atoms with Crippen molar-refractivity contribution in [3.8, 4) is 0 Å². The lowest BCUT2D eigenvalue weighted by Crippen LogP contribution is -1.95. The summed E-state index contributed by atoms with van der Waals surface area (Å²) in [6.07, 6.45) is 8.83. The van der Waals surface area contributed by atoms with Gasteiger partial charge < -0.3 is 21.1 Å². The number of aliphatic hydroxyl groups is 2. The third-order valence-corrected chi connectivity index (χ3v) is 1.85. The Morgan fingerprint density at radius 3 is 1.32 bits per heavy atom. The van der Waals surface area contributed by atoms with Gasteiger partial charge in [0.1, 0.15) is 0 Å². The summed E-state index contributed by atoms with van der Waals surface area (Å²) in [5.74, 6) is -0.211. The van der Waals surface area contributed by atoms with Crippen molar-refractivity contribution >= 4 is 5.97 Å². The molecule has 0 spiro atoms. The van der Waals surface area contributed by atoms with E-state index >= 15 is 0 Å². The van der Waals surface area contributed by atoms with E-state index in [2.05, 4.69) is 4.74 Å². The maximum Gasteiger partial charge on any atom is 0.302 e. The van der Waals surface area contributed by atoms with Crippen LogP contribution >= 0.6 is 0 Å². The molecule has 0 aromatic rings. The van der Waals surface area contributed by atoms with Crippen LogP contribution in [0, 0.1) is 0 Å². The lowest BCUT2D eigenvalue weighted by molar-refractivity contribution is -0.140. The molecule has 0 amide bonds. The molecule has 1 fully saturated rings. The van der Waals surface area contributed by atoms with Gasteiger partial charge in [-0.05, 0) is 20.8 Å². The minimum Gasteiger partial charge on any atom is -0.466 e. The molecule has 0 unspecified atom stereocenters. The van der Waals surface area contributed by atoms with Crippen molar-refractivity contribution in [2.24, 2.45) is 0 Å². The summed E-state index contributed by atoms with van der Waals surface area (Å²) >= 11 is 0. The van der Waals surface area contributed by atoms with Crippen molar-refractivity contribution in [3.63, 3.8) is 0 Å². The molecule has 5 nitrogen and oxygen atoms in total. The summed E-state index contributed by atoms with van der Waals surface area (Å²) in [4.78, 5) is 9.82. The van der Waals surface area contributed by atoms with E-state index in [9.17, 15) is 4.79 Å². The first kappa shape index (κ1) is 26.8. The van der Waals surface area contributed by atoms with Crippen LogP contribution in [0.4, 0.5) is 0 Å². The molecule has 0 aromatic carbocycles. The zero-order chi connectivity index (χ0) is 14.8. The van der Waals surface area contributed by atoms with Gasteiger partial charge in [0.25, 0.3) is 0 Å². The molecule has 1 aliphatic rings. The highest BCUT2D eigenvalue weighted by Gasteiger charge is 1.95. The Kier molecular flexibility index (Phi) is 36.7. The van der Waals surface area contributed by atoms with Crippen LogP contribution in [0.2, 0.25) is 0 Å². The quantitative estimate of drug-likeness (QED) is 0.641. The van der Waals surface area contributed by atoms with E-state index in [0.29, 0.717) is 6.61 Å².